The highest BCUT2D eigenvalue weighted by Gasteiger charge is 2.34. The lowest BCUT2D eigenvalue weighted by Crippen LogP contribution is -2.42. The molecule has 1 saturated heterocycles. The largest absolute Gasteiger partial charge is 0.381 e. The quantitative estimate of drug-likeness (QED) is 0.526. The first-order valence-corrected chi connectivity index (χ1v) is 11.1. The fraction of sp³-hybridized carbons (Fsp3) is 0.440. The van der Waals surface area contributed by atoms with E-state index in [0.717, 1.165) is 45.0 Å². The number of ether oxygens (including phenoxy) is 1. The first-order chi connectivity index (χ1) is 14.8. The third-order valence-electron chi connectivity index (χ3n) is 6.35. The number of hydrogen-bond donors (Lipinski definition) is 0. The Bertz CT molecular complexity index is 869. The van der Waals surface area contributed by atoms with Gasteiger partial charge >= 0.3 is 0 Å². The second-order valence-electron chi connectivity index (χ2n) is 8.41. The van der Waals surface area contributed by atoms with Gasteiger partial charge in [0.05, 0.1) is 24.7 Å². The van der Waals surface area contributed by atoms with Crippen molar-refractivity contribution in [1.82, 2.24) is 19.9 Å². The van der Waals surface area contributed by atoms with Crippen LogP contribution in [0.25, 0.3) is 5.69 Å². The van der Waals surface area contributed by atoms with Crippen LogP contribution in [0.3, 0.4) is 0 Å². The van der Waals surface area contributed by atoms with Gasteiger partial charge in [-0.2, -0.15) is 0 Å². The highest BCUT2D eigenvalue weighted by atomic mass is 16.5. The molecule has 5 heteroatoms. The minimum Gasteiger partial charge on any atom is -0.381 e. The Morgan fingerprint density at radius 2 is 1.73 bits per heavy atom. The van der Waals surface area contributed by atoms with Gasteiger partial charge in [0.2, 0.25) is 0 Å². The normalized spacial score (nSPS) is 16.6. The molecule has 0 spiro atoms. The lowest BCUT2D eigenvalue weighted by Gasteiger charge is -2.42. The van der Waals surface area contributed by atoms with Crippen LogP contribution in [0.1, 0.15) is 37.3 Å². The van der Waals surface area contributed by atoms with E-state index in [0.29, 0.717) is 5.41 Å². The molecule has 1 aromatic heterocycles. The van der Waals surface area contributed by atoms with E-state index in [1.54, 1.807) is 10.9 Å². The summed E-state index contributed by atoms with van der Waals surface area (Å²) in [5.41, 5.74) is 4.13. The van der Waals surface area contributed by atoms with Gasteiger partial charge in [-0.15, -0.1) is 5.10 Å². The van der Waals surface area contributed by atoms with Gasteiger partial charge in [0, 0.05) is 13.2 Å². The van der Waals surface area contributed by atoms with Crippen LogP contribution in [0.4, 0.5) is 0 Å². The lowest BCUT2D eigenvalue weighted by molar-refractivity contribution is -0.00232. The van der Waals surface area contributed by atoms with Gasteiger partial charge in [0.25, 0.3) is 0 Å². The molecule has 2 heterocycles. The molecule has 0 radical (unpaired) electrons. The molecule has 5 nitrogen and oxygen atoms in total. The van der Waals surface area contributed by atoms with E-state index in [2.05, 4.69) is 76.7 Å². The fourth-order valence-corrected chi connectivity index (χ4v) is 4.38. The Hall–Kier alpha value is -2.50. The molecule has 0 saturated carbocycles. The van der Waals surface area contributed by atoms with Crippen LogP contribution in [-0.2, 0) is 17.7 Å². The van der Waals surface area contributed by atoms with E-state index in [9.17, 15) is 0 Å². The summed E-state index contributed by atoms with van der Waals surface area (Å²) in [6.07, 6.45) is 8.32. The first-order valence-electron chi connectivity index (χ1n) is 11.1. The molecule has 0 bridgehead atoms. The molecule has 1 aliphatic rings. The number of hydrogen-bond acceptors (Lipinski definition) is 4. The minimum absolute atomic E-state index is 0.305. The van der Waals surface area contributed by atoms with Gasteiger partial charge in [0.15, 0.2) is 0 Å². The summed E-state index contributed by atoms with van der Waals surface area (Å²) < 4.78 is 7.73. The third-order valence-corrected chi connectivity index (χ3v) is 6.35. The SMILES string of the molecule is CCOCC1(CCc2ccccc2)CCN(Cc2ccc(-n3ccnn3)cc2)CC1. The summed E-state index contributed by atoms with van der Waals surface area (Å²) in [5.74, 6) is 0. The van der Waals surface area contributed by atoms with Crippen molar-refractivity contribution in [2.24, 2.45) is 5.41 Å². The molecule has 1 fully saturated rings. The molecule has 30 heavy (non-hydrogen) atoms. The monoisotopic (exact) mass is 404 g/mol. The van der Waals surface area contributed by atoms with Gasteiger partial charge in [-0.25, -0.2) is 4.68 Å². The van der Waals surface area contributed by atoms with E-state index >= 15 is 0 Å². The maximum Gasteiger partial charge on any atom is 0.0697 e. The zero-order chi connectivity index (χ0) is 20.7. The van der Waals surface area contributed by atoms with Crippen molar-refractivity contribution < 1.29 is 4.74 Å². The molecule has 0 amide bonds. The summed E-state index contributed by atoms with van der Waals surface area (Å²) in [5, 5.41) is 7.93. The van der Waals surface area contributed by atoms with Crippen molar-refractivity contribution in [2.45, 2.75) is 39.2 Å². The summed E-state index contributed by atoms with van der Waals surface area (Å²) in [7, 11) is 0. The lowest BCUT2D eigenvalue weighted by atomic mass is 9.74. The second kappa shape index (κ2) is 10.0. The zero-order valence-corrected chi connectivity index (χ0v) is 17.9. The molecular formula is C25H32N4O. The van der Waals surface area contributed by atoms with Crippen molar-refractivity contribution in [1.29, 1.82) is 0 Å². The topological polar surface area (TPSA) is 43.2 Å². The molecule has 0 N–H and O–H groups in total. The predicted molar refractivity (Wildman–Crippen MR) is 120 cm³/mol. The molecule has 2 aromatic carbocycles. The standard InChI is InChI=1S/C25H32N4O/c1-2-30-21-25(13-12-22-6-4-3-5-7-22)14-17-28(18-15-25)20-23-8-10-24(11-9-23)29-19-16-26-27-29/h3-11,16,19H,2,12-15,17-18,20-21H2,1H3. The molecule has 0 unspecified atom stereocenters. The third kappa shape index (κ3) is 5.35. The summed E-state index contributed by atoms with van der Waals surface area (Å²) >= 11 is 0. The van der Waals surface area contributed by atoms with Crippen LogP contribution in [0.5, 0.6) is 0 Å². The van der Waals surface area contributed by atoms with Crippen LogP contribution in [0, 0.1) is 5.41 Å². The van der Waals surface area contributed by atoms with Gasteiger partial charge in [-0.3, -0.25) is 4.90 Å². The first kappa shape index (κ1) is 20.8. The average Bonchev–Trinajstić information content (AvgIpc) is 3.34. The highest BCUT2D eigenvalue weighted by Crippen LogP contribution is 2.37. The molecule has 1 aliphatic heterocycles. The fourth-order valence-electron chi connectivity index (χ4n) is 4.38. The van der Waals surface area contributed by atoms with Crippen molar-refractivity contribution in [3.05, 3.63) is 78.1 Å². The van der Waals surface area contributed by atoms with E-state index in [1.807, 2.05) is 6.20 Å². The highest BCUT2D eigenvalue weighted by molar-refractivity contribution is 5.33. The average molecular weight is 405 g/mol. The van der Waals surface area contributed by atoms with Crippen molar-refractivity contribution in [3.63, 3.8) is 0 Å². The van der Waals surface area contributed by atoms with Gasteiger partial charge in [-0.05, 0) is 74.4 Å². The Balaban J connectivity index is 1.33. The van der Waals surface area contributed by atoms with Gasteiger partial charge < -0.3 is 4.74 Å². The molecule has 0 aliphatic carbocycles. The molecular weight excluding hydrogens is 372 g/mol. The number of benzene rings is 2. The molecule has 3 aromatic rings. The Morgan fingerprint density at radius 1 is 0.967 bits per heavy atom. The summed E-state index contributed by atoms with van der Waals surface area (Å²) in [6, 6.07) is 19.5. The number of nitrogens with zero attached hydrogens (tertiary/aromatic N) is 4. The molecule has 4 rings (SSSR count). The van der Waals surface area contributed by atoms with Crippen LogP contribution < -0.4 is 0 Å². The van der Waals surface area contributed by atoms with E-state index < -0.39 is 0 Å². The maximum absolute atomic E-state index is 5.93. The number of likely N-dealkylation sites (tertiary alicyclic amines) is 1. The van der Waals surface area contributed by atoms with E-state index in [-0.39, 0.29) is 0 Å². The van der Waals surface area contributed by atoms with Crippen molar-refractivity contribution >= 4 is 0 Å². The predicted octanol–water partition coefficient (Wildman–Crippen LogP) is 4.52. The minimum atomic E-state index is 0.305. The molecule has 158 valence electrons. The maximum atomic E-state index is 5.93. The van der Waals surface area contributed by atoms with Crippen LogP contribution in [0.2, 0.25) is 0 Å². The smallest absolute Gasteiger partial charge is 0.0697 e. The number of rotatable bonds is 9. The van der Waals surface area contributed by atoms with Crippen molar-refractivity contribution in [3.8, 4) is 5.69 Å². The van der Waals surface area contributed by atoms with Crippen LogP contribution >= 0.6 is 0 Å². The Morgan fingerprint density at radius 3 is 2.40 bits per heavy atom. The van der Waals surface area contributed by atoms with Crippen molar-refractivity contribution in [2.75, 3.05) is 26.3 Å². The molecule has 0 atom stereocenters. The summed E-state index contributed by atoms with van der Waals surface area (Å²) in [4.78, 5) is 2.58. The van der Waals surface area contributed by atoms with Crippen LogP contribution in [0.15, 0.2) is 67.0 Å². The number of aryl methyl sites for hydroxylation is 1. The Kier molecular flexibility index (Phi) is 6.92. The van der Waals surface area contributed by atoms with E-state index in [1.165, 1.54) is 30.4 Å². The number of piperidine rings is 1. The van der Waals surface area contributed by atoms with Crippen LogP contribution in [-0.4, -0.2) is 46.2 Å². The second-order valence-corrected chi connectivity index (χ2v) is 8.41. The Labute approximate surface area is 179 Å². The number of aromatic nitrogens is 3. The summed E-state index contributed by atoms with van der Waals surface area (Å²) in [6.45, 7) is 7.05. The van der Waals surface area contributed by atoms with E-state index in [4.69, 9.17) is 4.74 Å². The van der Waals surface area contributed by atoms with Gasteiger partial charge in [-0.1, -0.05) is 47.7 Å². The zero-order valence-electron chi connectivity index (χ0n) is 17.9. The van der Waals surface area contributed by atoms with Gasteiger partial charge in [0.1, 0.15) is 0 Å².